The van der Waals surface area contributed by atoms with Gasteiger partial charge in [-0.1, -0.05) is 24.3 Å². The Morgan fingerprint density at radius 3 is 2.38 bits per heavy atom. The summed E-state index contributed by atoms with van der Waals surface area (Å²) in [7, 11) is 0. The van der Waals surface area contributed by atoms with Crippen molar-refractivity contribution in [1.29, 1.82) is 0 Å². The highest BCUT2D eigenvalue weighted by Crippen LogP contribution is 2.36. The fourth-order valence-electron chi connectivity index (χ4n) is 2.97. The molecule has 0 spiro atoms. The largest absolute Gasteiger partial charge is 0.462 e. The van der Waals surface area contributed by atoms with Gasteiger partial charge in [0.2, 0.25) is 0 Å². The van der Waals surface area contributed by atoms with Gasteiger partial charge < -0.3 is 13.9 Å². The maximum atomic E-state index is 12.5. The van der Waals surface area contributed by atoms with Crippen molar-refractivity contribution in [2.45, 2.75) is 13.8 Å². The molecule has 0 unspecified atom stereocenters. The molecule has 0 saturated heterocycles. The third kappa shape index (κ3) is 2.65. The Labute approximate surface area is 148 Å². The molecule has 0 aliphatic rings. The number of hydrogen-bond donors (Lipinski definition) is 0. The van der Waals surface area contributed by atoms with Crippen LogP contribution < -0.4 is 0 Å². The zero-order valence-corrected chi connectivity index (χ0v) is 14.2. The van der Waals surface area contributed by atoms with Gasteiger partial charge in [-0.05, 0) is 25.3 Å². The quantitative estimate of drug-likeness (QED) is 0.395. The number of rotatable bonds is 5. The van der Waals surface area contributed by atoms with Crippen LogP contribution in [0.5, 0.6) is 0 Å². The van der Waals surface area contributed by atoms with Crippen LogP contribution in [0.2, 0.25) is 0 Å². The average molecular weight is 356 g/mol. The number of esters is 2. The fraction of sp³-hybridized carbons (Fsp3) is 0.222. The minimum absolute atomic E-state index is 0.0190. The van der Waals surface area contributed by atoms with Gasteiger partial charge in [-0.2, -0.15) is 0 Å². The summed E-state index contributed by atoms with van der Waals surface area (Å²) in [5.41, 5.74) is -0.924. The van der Waals surface area contributed by atoms with Crippen LogP contribution >= 0.6 is 0 Å². The number of fused-ring (bicyclic) bond motifs is 3. The van der Waals surface area contributed by atoms with Gasteiger partial charge in [0.05, 0.1) is 18.1 Å². The number of hydrogen-bond acceptors (Lipinski definition) is 6. The summed E-state index contributed by atoms with van der Waals surface area (Å²) in [5.74, 6) is -1.76. The van der Waals surface area contributed by atoms with E-state index in [1.165, 1.54) is 10.6 Å². The van der Waals surface area contributed by atoms with E-state index in [1.54, 1.807) is 44.2 Å². The summed E-state index contributed by atoms with van der Waals surface area (Å²) in [6.07, 6.45) is 1.51. The normalized spacial score (nSPS) is 10.8. The molecule has 3 rings (SSSR count). The van der Waals surface area contributed by atoms with Gasteiger partial charge in [-0.3, -0.25) is 10.1 Å². The van der Waals surface area contributed by atoms with Crippen molar-refractivity contribution >= 4 is 33.9 Å². The molecule has 0 radical (unpaired) electrons. The average Bonchev–Trinajstić information content (AvgIpc) is 2.98. The van der Waals surface area contributed by atoms with Gasteiger partial charge in [0.1, 0.15) is 5.52 Å². The maximum Gasteiger partial charge on any atom is 0.356 e. The first-order chi connectivity index (χ1) is 12.5. The van der Waals surface area contributed by atoms with Crippen LogP contribution in [0.1, 0.15) is 34.7 Å². The molecule has 26 heavy (non-hydrogen) atoms. The number of ether oxygens (including phenoxy) is 2. The first-order valence-electron chi connectivity index (χ1n) is 8.05. The number of nitro groups is 1. The lowest BCUT2D eigenvalue weighted by molar-refractivity contribution is -0.383. The smallest absolute Gasteiger partial charge is 0.356 e. The Kier molecular flexibility index (Phi) is 4.57. The Morgan fingerprint density at radius 1 is 1.08 bits per heavy atom. The maximum absolute atomic E-state index is 12.5. The highest BCUT2D eigenvalue weighted by atomic mass is 16.6. The third-order valence-corrected chi connectivity index (χ3v) is 3.93. The van der Waals surface area contributed by atoms with Gasteiger partial charge in [0.15, 0.2) is 11.3 Å². The topological polar surface area (TPSA) is 100 Å². The van der Waals surface area contributed by atoms with E-state index in [2.05, 4.69) is 0 Å². The molecule has 134 valence electrons. The summed E-state index contributed by atoms with van der Waals surface area (Å²) in [6.45, 7) is 3.28. The van der Waals surface area contributed by atoms with E-state index in [4.69, 9.17) is 9.47 Å². The van der Waals surface area contributed by atoms with E-state index in [-0.39, 0.29) is 24.4 Å². The van der Waals surface area contributed by atoms with Crippen molar-refractivity contribution in [2.75, 3.05) is 13.2 Å². The number of carbonyl (C=O) groups is 2. The number of carbonyl (C=O) groups excluding carboxylic acids is 2. The van der Waals surface area contributed by atoms with Gasteiger partial charge in [-0.25, -0.2) is 9.59 Å². The van der Waals surface area contributed by atoms with Crippen molar-refractivity contribution in [2.24, 2.45) is 0 Å². The summed E-state index contributed by atoms with van der Waals surface area (Å²) < 4.78 is 11.3. The van der Waals surface area contributed by atoms with Crippen molar-refractivity contribution in [3.8, 4) is 0 Å². The minimum atomic E-state index is -0.935. The molecule has 2 heterocycles. The van der Waals surface area contributed by atoms with E-state index >= 15 is 0 Å². The van der Waals surface area contributed by atoms with Crippen LogP contribution in [0.15, 0.2) is 36.5 Å². The molecule has 1 aromatic carbocycles. The first-order valence-corrected chi connectivity index (χ1v) is 8.05. The lowest BCUT2D eigenvalue weighted by Crippen LogP contribution is -2.15. The SMILES string of the molecule is CCOC(=O)c1c([N+](=O)[O-])c2c3ccccc3ccn2c1C(=O)OCC. The summed E-state index contributed by atoms with van der Waals surface area (Å²) in [6, 6.07) is 8.73. The number of aromatic nitrogens is 1. The molecule has 0 amide bonds. The molecule has 0 saturated carbocycles. The second-order valence-corrected chi connectivity index (χ2v) is 5.39. The Balaban J connectivity index is 2.51. The lowest BCUT2D eigenvalue weighted by Gasteiger charge is -2.05. The van der Waals surface area contributed by atoms with Gasteiger partial charge in [-0.15, -0.1) is 0 Å². The number of benzene rings is 1. The van der Waals surface area contributed by atoms with Gasteiger partial charge in [0, 0.05) is 11.6 Å². The van der Waals surface area contributed by atoms with E-state index in [1.807, 2.05) is 0 Å². The van der Waals surface area contributed by atoms with E-state index in [0.29, 0.717) is 5.39 Å². The van der Waals surface area contributed by atoms with E-state index < -0.39 is 28.1 Å². The molecular weight excluding hydrogens is 340 g/mol. The molecule has 3 aromatic rings. The second kappa shape index (κ2) is 6.83. The highest BCUT2D eigenvalue weighted by Gasteiger charge is 2.37. The molecule has 0 atom stereocenters. The summed E-state index contributed by atoms with van der Waals surface area (Å²) in [5, 5.41) is 13.1. The monoisotopic (exact) mass is 356 g/mol. The van der Waals surface area contributed by atoms with Crippen LogP contribution in [-0.2, 0) is 9.47 Å². The molecule has 8 heteroatoms. The molecular formula is C18H16N2O6. The van der Waals surface area contributed by atoms with Crippen molar-refractivity contribution < 1.29 is 24.0 Å². The molecule has 2 aromatic heterocycles. The molecule has 0 N–H and O–H groups in total. The Hall–Kier alpha value is -3.42. The lowest BCUT2D eigenvalue weighted by atomic mass is 10.1. The van der Waals surface area contributed by atoms with Crippen molar-refractivity contribution in [3.05, 3.63) is 57.9 Å². The Bertz CT molecular complexity index is 1040. The highest BCUT2D eigenvalue weighted by molar-refractivity contribution is 6.13. The predicted molar refractivity (Wildman–Crippen MR) is 93.5 cm³/mol. The minimum Gasteiger partial charge on any atom is -0.462 e. The zero-order chi connectivity index (χ0) is 18.8. The van der Waals surface area contributed by atoms with Crippen LogP contribution in [0, 0.1) is 10.1 Å². The standard InChI is InChI=1S/C18H16N2O6/c1-3-25-17(21)13-15(20(23)24)14-12-8-6-5-7-11(12)9-10-19(14)16(13)18(22)26-4-2/h5-10H,3-4H2,1-2H3. The van der Waals surface area contributed by atoms with Crippen LogP contribution in [-0.4, -0.2) is 34.5 Å². The van der Waals surface area contributed by atoms with E-state index in [0.717, 1.165) is 5.39 Å². The molecule has 8 nitrogen and oxygen atoms in total. The zero-order valence-electron chi connectivity index (χ0n) is 14.2. The molecule has 0 aliphatic heterocycles. The van der Waals surface area contributed by atoms with Crippen LogP contribution in [0.3, 0.4) is 0 Å². The van der Waals surface area contributed by atoms with Crippen LogP contribution in [0.25, 0.3) is 16.3 Å². The predicted octanol–water partition coefficient (Wildman–Crippen LogP) is 3.35. The van der Waals surface area contributed by atoms with E-state index in [9.17, 15) is 19.7 Å². The molecule has 0 fully saturated rings. The fourth-order valence-corrected chi connectivity index (χ4v) is 2.97. The van der Waals surface area contributed by atoms with Crippen molar-refractivity contribution in [1.82, 2.24) is 4.40 Å². The first kappa shape index (κ1) is 17.4. The second-order valence-electron chi connectivity index (χ2n) is 5.39. The summed E-state index contributed by atoms with van der Waals surface area (Å²) in [4.78, 5) is 36.1. The Morgan fingerprint density at radius 2 is 1.73 bits per heavy atom. The van der Waals surface area contributed by atoms with Gasteiger partial charge >= 0.3 is 17.6 Å². The molecule has 0 bridgehead atoms. The number of pyridine rings is 1. The van der Waals surface area contributed by atoms with Crippen LogP contribution in [0.4, 0.5) is 5.69 Å². The summed E-state index contributed by atoms with van der Waals surface area (Å²) >= 11 is 0. The van der Waals surface area contributed by atoms with Crippen molar-refractivity contribution in [3.63, 3.8) is 0 Å². The third-order valence-electron chi connectivity index (χ3n) is 3.93. The van der Waals surface area contributed by atoms with Gasteiger partial charge in [0.25, 0.3) is 0 Å². The number of nitrogens with zero attached hydrogens (tertiary/aromatic N) is 2. The molecule has 0 aliphatic carbocycles.